The molecule has 0 amide bonds. The first-order valence-corrected chi connectivity index (χ1v) is 11.3. The summed E-state index contributed by atoms with van der Waals surface area (Å²) in [7, 11) is 0. The SMILES string of the molecule is CCCCCCC(Cc1ccccc1)(Cc1ccc(N)cc1)Cc1ccc(N)cc1. The van der Waals surface area contributed by atoms with Gasteiger partial charge in [0.15, 0.2) is 0 Å². The fraction of sp³-hybridized carbons (Fsp3) is 0.357. The molecule has 0 aliphatic rings. The monoisotopic (exact) mass is 400 g/mol. The highest BCUT2D eigenvalue weighted by Gasteiger charge is 2.31. The molecule has 0 unspecified atom stereocenters. The van der Waals surface area contributed by atoms with Crippen LogP contribution in [-0.2, 0) is 19.3 Å². The average Bonchev–Trinajstić information content (AvgIpc) is 2.75. The van der Waals surface area contributed by atoms with Gasteiger partial charge in [0, 0.05) is 11.4 Å². The Bertz CT molecular complexity index is 819. The second-order valence-electron chi connectivity index (χ2n) is 8.81. The highest BCUT2D eigenvalue weighted by Crippen LogP contribution is 2.38. The second kappa shape index (κ2) is 10.9. The predicted molar refractivity (Wildman–Crippen MR) is 130 cm³/mol. The van der Waals surface area contributed by atoms with Crippen LogP contribution in [0.5, 0.6) is 0 Å². The van der Waals surface area contributed by atoms with Gasteiger partial charge in [-0.2, -0.15) is 0 Å². The van der Waals surface area contributed by atoms with Gasteiger partial charge in [-0.1, -0.05) is 87.2 Å². The molecular weight excluding hydrogens is 364 g/mol. The second-order valence-corrected chi connectivity index (χ2v) is 8.81. The summed E-state index contributed by atoms with van der Waals surface area (Å²) in [5.41, 5.74) is 17.9. The number of rotatable bonds is 11. The molecule has 30 heavy (non-hydrogen) atoms. The lowest BCUT2D eigenvalue weighted by Crippen LogP contribution is -2.30. The smallest absolute Gasteiger partial charge is 0.0314 e. The van der Waals surface area contributed by atoms with E-state index in [0.717, 1.165) is 30.6 Å². The largest absolute Gasteiger partial charge is 0.399 e. The number of nitrogens with two attached hydrogens (primary N) is 2. The molecule has 3 aromatic rings. The van der Waals surface area contributed by atoms with Gasteiger partial charge < -0.3 is 11.5 Å². The third-order valence-electron chi connectivity index (χ3n) is 6.10. The standard InChI is InChI=1S/C28H36N2/c1-2-3-4-8-19-28(20-23-9-6-5-7-10-23,21-24-11-15-26(29)16-12-24)22-25-13-17-27(30)18-14-25/h5-7,9-18H,2-4,8,19-22,29-30H2,1H3. The molecule has 0 radical (unpaired) electrons. The Labute approximate surface area is 182 Å². The van der Waals surface area contributed by atoms with Gasteiger partial charge in [0.05, 0.1) is 0 Å². The van der Waals surface area contributed by atoms with E-state index in [9.17, 15) is 0 Å². The Kier molecular flexibility index (Phi) is 7.96. The van der Waals surface area contributed by atoms with Gasteiger partial charge in [-0.25, -0.2) is 0 Å². The van der Waals surface area contributed by atoms with Crippen molar-refractivity contribution >= 4 is 11.4 Å². The minimum absolute atomic E-state index is 0.168. The van der Waals surface area contributed by atoms with E-state index in [2.05, 4.69) is 61.5 Å². The summed E-state index contributed by atoms with van der Waals surface area (Å²) in [6.45, 7) is 2.28. The van der Waals surface area contributed by atoms with Crippen LogP contribution in [-0.4, -0.2) is 0 Å². The summed E-state index contributed by atoms with van der Waals surface area (Å²) < 4.78 is 0. The Balaban J connectivity index is 1.93. The van der Waals surface area contributed by atoms with E-state index in [4.69, 9.17) is 11.5 Å². The summed E-state index contributed by atoms with van der Waals surface area (Å²) in [5, 5.41) is 0. The van der Waals surface area contributed by atoms with Crippen molar-refractivity contribution in [1.82, 2.24) is 0 Å². The fourth-order valence-corrected chi connectivity index (χ4v) is 4.55. The van der Waals surface area contributed by atoms with Crippen molar-refractivity contribution in [2.45, 2.75) is 58.3 Å². The molecule has 2 nitrogen and oxygen atoms in total. The quantitative estimate of drug-likeness (QED) is 0.273. The average molecular weight is 401 g/mol. The molecule has 4 N–H and O–H groups in total. The maximum atomic E-state index is 5.95. The first-order chi connectivity index (χ1) is 14.6. The minimum atomic E-state index is 0.168. The first kappa shape index (κ1) is 22.0. The molecule has 0 fully saturated rings. The van der Waals surface area contributed by atoms with Crippen LogP contribution in [0, 0.1) is 5.41 Å². The van der Waals surface area contributed by atoms with Crippen LogP contribution >= 0.6 is 0 Å². The van der Waals surface area contributed by atoms with Crippen molar-refractivity contribution < 1.29 is 0 Å². The van der Waals surface area contributed by atoms with Crippen molar-refractivity contribution in [3.05, 3.63) is 95.6 Å². The number of benzene rings is 3. The van der Waals surface area contributed by atoms with Crippen LogP contribution < -0.4 is 11.5 Å². The van der Waals surface area contributed by atoms with Crippen molar-refractivity contribution in [1.29, 1.82) is 0 Å². The number of hydrogen-bond acceptors (Lipinski definition) is 2. The Hall–Kier alpha value is -2.74. The summed E-state index contributed by atoms with van der Waals surface area (Å²) in [6, 6.07) is 27.9. The molecule has 0 aliphatic heterocycles. The molecule has 0 heterocycles. The third-order valence-corrected chi connectivity index (χ3v) is 6.10. The zero-order valence-corrected chi connectivity index (χ0v) is 18.3. The van der Waals surface area contributed by atoms with Gasteiger partial charge in [-0.3, -0.25) is 0 Å². The molecule has 0 bridgehead atoms. The Morgan fingerprint density at radius 2 is 1.03 bits per heavy atom. The van der Waals surface area contributed by atoms with Crippen LogP contribution in [0.25, 0.3) is 0 Å². The molecule has 0 saturated heterocycles. The molecule has 3 aromatic carbocycles. The number of unbranched alkanes of at least 4 members (excludes halogenated alkanes) is 3. The highest BCUT2D eigenvalue weighted by atomic mass is 14.5. The summed E-state index contributed by atoms with van der Waals surface area (Å²) in [4.78, 5) is 0. The Morgan fingerprint density at radius 1 is 0.567 bits per heavy atom. The van der Waals surface area contributed by atoms with Gasteiger partial charge in [0.25, 0.3) is 0 Å². The van der Waals surface area contributed by atoms with E-state index in [-0.39, 0.29) is 5.41 Å². The number of hydrogen-bond donors (Lipinski definition) is 2. The van der Waals surface area contributed by atoms with Gasteiger partial charge in [-0.05, 0) is 72.1 Å². The van der Waals surface area contributed by atoms with Crippen LogP contribution in [0.15, 0.2) is 78.9 Å². The molecule has 0 aliphatic carbocycles. The van der Waals surface area contributed by atoms with E-state index in [1.807, 2.05) is 24.3 Å². The number of anilines is 2. The van der Waals surface area contributed by atoms with E-state index in [1.54, 1.807) is 0 Å². The zero-order chi connectivity index (χ0) is 21.2. The third kappa shape index (κ3) is 6.66. The molecule has 2 heteroatoms. The molecular formula is C28H36N2. The van der Waals surface area contributed by atoms with Crippen molar-refractivity contribution in [2.24, 2.45) is 5.41 Å². The van der Waals surface area contributed by atoms with Crippen LogP contribution in [0.4, 0.5) is 11.4 Å². The van der Waals surface area contributed by atoms with E-state index in [0.29, 0.717) is 0 Å². The molecule has 3 rings (SSSR count). The Morgan fingerprint density at radius 3 is 1.50 bits per heavy atom. The minimum Gasteiger partial charge on any atom is -0.399 e. The van der Waals surface area contributed by atoms with Gasteiger partial charge in [0.1, 0.15) is 0 Å². The van der Waals surface area contributed by atoms with Crippen LogP contribution in [0.2, 0.25) is 0 Å². The molecule has 0 atom stereocenters. The van der Waals surface area contributed by atoms with Crippen LogP contribution in [0.3, 0.4) is 0 Å². The van der Waals surface area contributed by atoms with Crippen molar-refractivity contribution in [3.63, 3.8) is 0 Å². The fourth-order valence-electron chi connectivity index (χ4n) is 4.55. The molecule has 0 saturated carbocycles. The molecule has 0 spiro atoms. The number of nitrogen functional groups attached to an aromatic ring is 2. The maximum absolute atomic E-state index is 5.95. The lowest BCUT2D eigenvalue weighted by molar-refractivity contribution is 0.244. The van der Waals surface area contributed by atoms with Crippen LogP contribution in [0.1, 0.15) is 55.7 Å². The lowest BCUT2D eigenvalue weighted by atomic mass is 9.69. The van der Waals surface area contributed by atoms with Gasteiger partial charge in [-0.15, -0.1) is 0 Å². The highest BCUT2D eigenvalue weighted by molar-refractivity contribution is 5.41. The molecule has 158 valence electrons. The predicted octanol–water partition coefficient (Wildman–Crippen LogP) is 6.84. The van der Waals surface area contributed by atoms with Gasteiger partial charge >= 0.3 is 0 Å². The maximum Gasteiger partial charge on any atom is 0.0314 e. The summed E-state index contributed by atoms with van der Waals surface area (Å²) in [6.07, 6.45) is 9.55. The molecule has 0 aromatic heterocycles. The lowest BCUT2D eigenvalue weighted by Gasteiger charge is -2.35. The van der Waals surface area contributed by atoms with Crippen molar-refractivity contribution in [2.75, 3.05) is 11.5 Å². The van der Waals surface area contributed by atoms with E-state index < -0.39 is 0 Å². The zero-order valence-electron chi connectivity index (χ0n) is 18.3. The first-order valence-electron chi connectivity index (χ1n) is 11.3. The summed E-state index contributed by atoms with van der Waals surface area (Å²) >= 11 is 0. The van der Waals surface area contributed by atoms with Crippen molar-refractivity contribution in [3.8, 4) is 0 Å². The normalized spacial score (nSPS) is 11.5. The van der Waals surface area contributed by atoms with E-state index >= 15 is 0 Å². The summed E-state index contributed by atoms with van der Waals surface area (Å²) in [5.74, 6) is 0. The van der Waals surface area contributed by atoms with E-state index in [1.165, 1.54) is 48.8 Å². The van der Waals surface area contributed by atoms with Gasteiger partial charge in [0.2, 0.25) is 0 Å². The topological polar surface area (TPSA) is 52.0 Å².